The SMILES string of the molecule is CC#N.CCCc1c(OCCCN(C)C(=O)Nc2ccc(C(=O)OC)cn2)ccc2c(C(F)(F)F)noc12.CCCc1c(OCCCN(C)C(=O)n2ccnc2)ccc2c(C(F)(F)F)noc12.CCCc1c(OCCCNC)ccc2c(C(F)(F)F)noc12.COC(=O)c1ccc(N)nc1.[2H]CI. The monoisotopic (exact) mass is 1560 g/mol. The van der Waals surface area contributed by atoms with Gasteiger partial charge >= 0.3 is 42.5 Å². The number of carbonyl (C=O) groups is 4. The number of methoxy groups -OCH3 is 2. The third-order valence-corrected chi connectivity index (χ3v) is 14.1. The lowest BCUT2D eigenvalue weighted by atomic mass is 10.0. The number of amides is 3. The number of hydrogen-bond acceptors (Lipinski definition) is 21. The Kier molecular flexibility index (Phi) is 33.8. The number of anilines is 2. The third-order valence-electron chi connectivity index (χ3n) is 14.1. The van der Waals surface area contributed by atoms with E-state index in [0.29, 0.717) is 121 Å². The second-order valence-electron chi connectivity index (χ2n) is 21.4. The van der Waals surface area contributed by atoms with Gasteiger partial charge in [0.05, 0.1) is 67.4 Å². The summed E-state index contributed by atoms with van der Waals surface area (Å²) in [5.74, 6) is 1.18. The first-order valence-corrected chi connectivity index (χ1v) is 32.8. The number of nitrogen functional groups attached to an aromatic ring is 1. The molecule has 102 heavy (non-hydrogen) atoms. The van der Waals surface area contributed by atoms with Crippen molar-refractivity contribution < 1.29 is 97.3 Å². The van der Waals surface area contributed by atoms with E-state index in [1.165, 1.54) is 103 Å². The number of aromatic nitrogens is 7. The van der Waals surface area contributed by atoms with E-state index >= 15 is 0 Å². The maximum absolute atomic E-state index is 13.1. The number of nitrogens with zero attached hydrogens (tertiary/aromatic N) is 10. The first-order valence-electron chi connectivity index (χ1n) is 32.0. The van der Waals surface area contributed by atoms with Crippen LogP contribution in [0, 0.1) is 11.3 Å². The molecule has 0 fully saturated rings. The van der Waals surface area contributed by atoms with Gasteiger partial charge in [0.2, 0.25) is 0 Å². The highest BCUT2D eigenvalue weighted by Gasteiger charge is 2.40. The summed E-state index contributed by atoms with van der Waals surface area (Å²) < 4.78 is 166. The predicted octanol–water partition coefficient (Wildman–Crippen LogP) is 15.1. The van der Waals surface area contributed by atoms with Crippen LogP contribution in [0.3, 0.4) is 0 Å². The minimum absolute atomic E-state index is 0.0153. The number of aryl methyl sites for hydroxylation is 3. The van der Waals surface area contributed by atoms with Crippen LogP contribution < -0.4 is 30.6 Å². The minimum atomic E-state index is -4.61. The molecule has 0 saturated carbocycles. The van der Waals surface area contributed by atoms with Crippen LogP contribution in [0.15, 0.2) is 105 Å². The Balaban J connectivity index is 0.000000298. The van der Waals surface area contributed by atoms with Crippen LogP contribution in [0.1, 0.15) is 122 Å². The molecular formula is C67H79F9IN13O12. The number of hydrogen-bond donors (Lipinski definition) is 3. The fourth-order valence-electron chi connectivity index (χ4n) is 9.32. The second-order valence-corrected chi connectivity index (χ2v) is 21.4. The summed E-state index contributed by atoms with van der Waals surface area (Å²) in [6.07, 6.45) is -1.02. The Morgan fingerprint density at radius 2 is 1.03 bits per heavy atom. The maximum Gasteiger partial charge on any atom is 0.437 e. The maximum atomic E-state index is 13.1. The molecule has 0 bridgehead atoms. The Morgan fingerprint density at radius 3 is 1.36 bits per heavy atom. The summed E-state index contributed by atoms with van der Waals surface area (Å²) in [5.41, 5.74) is 4.97. The summed E-state index contributed by atoms with van der Waals surface area (Å²) >= 11 is 1.96. The molecule has 9 aromatic rings. The summed E-state index contributed by atoms with van der Waals surface area (Å²) in [5, 5.41) is 22.4. The number of fused-ring (bicyclic) bond motifs is 3. The molecule has 25 nitrogen and oxygen atoms in total. The number of pyridine rings is 2. The summed E-state index contributed by atoms with van der Waals surface area (Å²) in [4.78, 5) is 61.8. The van der Waals surface area contributed by atoms with Crippen molar-refractivity contribution in [1.29, 1.82) is 5.26 Å². The number of urea groups is 1. The second kappa shape index (κ2) is 41.7. The highest BCUT2D eigenvalue weighted by Crippen LogP contribution is 2.41. The lowest BCUT2D eigenvalue weighted by Crippen LogP contribution is -2.33. The van der Waals surface area contributed by atoms with Gasteiger partial charge in [-0.2, -0.15) is 44.8 Å². The van der Waals surface area contributed by atoms with Crippen molar-refractivity contribution in [2.75, 3.05) is 90.8 Å². The van der Waals surface area contributed by atoms with Gasteiger partial charge in [-0.25, -0.2) is 34.1 Å². The van der Waals surface area contributed by atoms with Gasteiger partial charge in [0.1, 0.15) is 35.2 Å². The lowest BCUT2D eigenvalue weighted by molar-refractivity contribution is -0.142. The Morgan fingerprint density at radius 1 is 0.637 bits per heavy atom. The van der Waals surface area contributed by atoms with Gasteiger partial charge in [0.15, 0.2) is 33.8 Å². The molecule has 3 amide bonds. The number of imidazole rings is 1. The number of carbonyl (C=O) groups excluding carboxylic acids is 4. The number of alkyl halides is 10. The molecule has 6 heterocycles. The van der Waals surface area contributed by atoms with E-state index in [1.807, 2.05) is 50.4 Å². The van der Waals surface area contributed by atoms with Crippen LogP contribution in [-0.2, 0) is 47.3 Å². The lowest BCUT2D eigenvalue weighted by Gasteiger charge is -2.18. The number of nitriles is 1. The van der Waals surface area contributed by atoms with E-state index in [9.17, 15) is 58.7 Å². The van der Waals surface area contributed by atoms with Crippen molar-refractivity contribution in [2.24, 2.45) is 0 Å². The van der Waals surface area contributed by atoms with Crippen LogP contribution in [0.2, 0.25) is 0 Å². The van der Waals surface area contributed by atoms with E-state index in [0.717, 1.165) is 19.4 Å². The van der Waals surface area contributed by atoms with Gasteiger partial charge < -0.3 is 58.1 Å². The minimum Gasteiger partial charge on any atom is -0.493 e. The van der Waals surface area contributed by atoms with Gasteiger partial charge in [-0.3, -0.25) is 9.88 Å². The van der Waals surface area contributed by atoms with Gasteiger partial charge in [-0.1, -0.05) is 78.1 Å². The van der Waals surface area contributed by atoms with Crippen LogP contribution >= 0.6 is 22.6 Å². The number of nitrogens with one attached hydrogen (secondary N) is 2. The zero-order valence-electron chi connectivity index (χ0n) is 58.2. The average molecular weight is 1560 g/mol. The molecule has 0 unspecified atom stereocenters. The zero-order valence-corrected chi connectivity index (χ0v) is 59.4. The number of nitrogens with two attached hydrogens (primary N) is 1. The Labute approximate surface area is 596 Å². The molecule has 9 rings (SSSR count). The molecule has 0 saturated heterocycles. The van der Waals surface area contributed by atoms with Gasteiger partial charge in [-0.05, 0) is 118 Å². The zero-order chi connectivity index (χ0) is 76.5. The fourth-order valence-corrected chi connectivity index (χ4v) is 9.32. The molecule has 3 aromatic carbocycles. The number of ether oxygens (including phenoxy) is 5. The first kappa shape index (κ1) is 82.7. The first-order chi connectivity index (χ1) is 49.0. The fraction of sp³-hybridized carbons (Fsp3) is 0.418. The number of halogens is 10. The number of esters is 2. The highest BCUT2D eigenvalue weighted by atomic mass is 127. The molecule has 35 heteroatoms. The summed E-state index contributed by atoms with van der Waals surface area (Å²) in [7, 11) is 7.70. The van der Waals surface area contributed by atoms with E-state index < -0.39 is 53.6 Å². The molecule has 0 atom stereocenters. The third kappa shape index (κ3) is 24.7. The van der Waals surface area contributed by atoms with Crippen molar-refractivity contribution in [3.63, 3.8) is 0 Å². The normalized spacial score (nSPS) is 11.1. The molecule has 4 N–H and O–H groups in total. The van der Waals surface area contributed by atoms with E-state index in [-0.39, 0.29) is 56.9 Å². The van der Waals surface area contributed by atoms with Crippen LogP contribution in [0.4, 0.5) is 60.7 Å². The topological polar surface area (TPSA) is 316 Å². The Hall–Kier alpha value is -9.99. The molecule has 554 valence electrons. The van der Waals surface area contributed by atoms with Crippen LogP contribution in [0.5, 0.6) is 17.2 Å². The average Bonchev–Trinajstić information content (AvgIpc) is 1.66. The van der Waals surface area contributed by atoms with Gasteiger partial charge in [0.25, 0.3) is 0 Å². The number of rotatable bonds is 24. The molecule has 0 aliphatic heterocycles. The quantitative estimate of drug-likeness (QED) is 0.0166. The molecule has 0 radical (unpaired) electrons. The summed E-state index contributed by atoms with van der Waals surface area (Å²) in [6, 6.07) is 15.8. The van der Waals surface area contributed by atoms with Crippen LogP contribution in [0.25, 0.3) is 32.9 Å². The van der Waals surface area contributed by atoms with E-state index in [4.69, 9.17) is 40.1 Å². The van der Waals surface area contributed by atoms with Gasteiger partial charge in [0, 0.05) is 77.0 Å². The van der Waals surface area contributed by atoms with E-state index in [2.05, 4.69) is 50.5 Å². The Bertz CT molecular complexity index is 4130. The highest BCUT2D eigenvalue weighted by molar-refractivity contribution is 14.1. The van der Waals surface area contributed by atoms with Crippen molar-refractivity contribution in [3.8, 4) is 23.3 Å². The molecule has 6 aromatic heterocycles. The molecule has 0 spiro atoms. The predicted molar refractivity (Wildman–Crippen MR) is 367 cm³/mol. The van der Waals surface area contributed by atoms with Crippen LogP contribution in [-0.4, -0.2) is 149 Å². The van der Waals surface area contributed by atoms with Gasteiger partial charge in [-0.15, -0.1) is 0 Å². The molecule has 0 aliphatic rings. The molecular weight excluding hydrogens is 1480 g/mol. The summed E-state index contributed by atoms with van der Waals surface area (Å²) in [6.45, 7) is 9.81. The molecule has 0 aliphatic carbocycles. The van der Waals surface area contributed by atoms with Crippen molar-refractivity contribution in [1.82, 2.24) is 50.1 Å². The van der Waals surface area contributed by atoms with Crippen molar-refractivity contribution in [3.05, 3.63) is 137 Å². The number of benzene rings is 3. The smallest absolute Gasteiger partial charge is 0.437 e. The van der Waals surface area contributed by atoms with Crippen molar-refractivity contribution in [2.45, 2.75) is 104 Å². The largest absolute Gasteiger partial charge is 0.493 e. The van der Waals surface area contributed by atoms with Crippen molar-refractivity contribution >= 4 is 91.1 Å². The van der Waals surface area contributed by atoms with E-state index in [1.54, 1.807) is 44.6 Å². The standard InChI is InChI=1S/C23H25F3N4O5.C19H21F3N4O3.C15H19F3N2O2.C7H8N2O2.C2H3N.CH3I/c1-4-6-15-17(9-8-16-19(15)35-29-20(16)23(24,25)26)34-12-5-11-30(2)22(32)28-18-10-7-14(13-27-18)21(31)33-3;1-3-5-13-15(7-6-14-16(13)29-24-17(14)19(20,21)22)28-11-4-9-25(2)18(27)26-10-8-23-12-26;1-3-5-10-12(21-9-4-8-19-2)7-6-11-13(10)22-20-14(11)15(16,17)18;1-11-7(10)5-2-3-6(8)9-4-5;1-2-3;1-2/h7-10,13H,4-6,11-12H2,1-3H3,(H,27,28,32);6-8,10,12H,3-5,9,11H2,1-2H3;6-7,19H,3-5,8-9H2,1-2H3;2-4H,1H3,(H2,8,9);1H3;1H3/i;;;;;1D.